The van der Waals surface area contributed by atoms with E-state index in [0.717, 1.165) is 24.2 Å². The number of hydrogen-bond donors (Lipinski definition) is 1. The van der Waals surface area contributed by atoms with Crippen LogP contribution in [0.2, 0.25) is 0 Å². The maximum atomic E-state index is 8.59. The molecule has 0 heterocycles. The van der Waals surface area contributed by atoms with Crippen molar-refractivity contribution in [2.75, 3.05) is 11.9 Å². The molecule has 0 aliphatic heterocycles. The standard InChI is InChI=1S/C16H16N2/c17-12-10-15-6-8-16(9-7-15)18-13-11-14-4-2-1-3-5-14/h1-9,18H,10-11,13H2. The van der Waals surface area contributed by atoms with Gasteiger partial charge in [-0.25, -0.2) is 0 Å². The van der Waals surface area contributed by atoms with Crippen LogP contribution in [0.15, 0.2) is 54.6 Å². The molecule has 0 fully saturated rings. The van der Waals surface area contributed by atoms with Crippen LogP contribution in [0.25, 0.3) is 0 Å². The second-order valence-electron chi connectivity index (χ2n) is 4.19. The third-order valence-corrected chi connectivity index (χ3v) is 2.82. The van der Waals surface area contributed by atoms with Crippen LogP contribution in [-0.2, 0) is 12.8 Å². The van der Waals surface area contributed by atoms with E-state index in [9.17, 15) is 0 Å². The number of nitrogens with zero attached hydrogens (tertiary/aromatic N) is 1. The predicted molar refractivity (Wildman–Crippen MR) is 74.4 cm³/mol. The normalized spacial score (nSPS) is 9.72. The summed E-state index contributed by atoms with van der Waals surface area (Å²) in [6.45, 7) is 0.918. The van der Waals surface area contributed by atoms with Crippen LogP contribution in [0.5, 0.6) is 0 Å². The van der Waals surface area contributed by atoms with Crippen LogP contribution in [0.4, 0.5) is 5.69 Å². The lowest BCUT2D eigenvalue weighted by Crippen LogP contribution is -2.04. The molecule has 18 heavy (non-hydrogen) atoms. The van der Waals surface area contributed by atoms with Crippen LogP contribution < -0.4 is 5.32 Å². The molecule has 0 spiro atoms. The summed E-state index contributed by atoms with van der Waals surface area (Å²) in [5, 5.41) is 12.0. The van der Waals surface area contributed by atoms with Gasteiger partial charge in [0.05, 0.1) is 12.5 Å². The molecule has 2 rings (SSSR count). The zero-order valence-corrected chi connectivity index (χ0v) is 10.3. The Morgan fingerprint density at radius 2 is 1.61 bits per heavy atom. The van der Waals surface area contributed by atoms with E-state index in [4.69, 9.17) is 5.26 Å². The fourth-order valence-corrected chi connectivity index (χ4v) is 1.83. The van der Waals surface area contributed by atoms with Crippen molar-refractivity contribution in [2.24, 2.45) is 0 Å². The first-order valence-electron chi connectivity index (χ1n) is 6.12. The van der Waals surface area contributed by atoms with E-state index in [2.05, 4.69) is 35.7 Å². The molecule has 0 saturated heterocycles. The van der Waals surface area contributed by atoms with E-state index in [-0.39, 0.29) is 0 Å². The third-order valence-electron chi connectivity index (χ3n) is 2.82. The van der Waals surface area contributed by atoms with Gasteiger partial charge in [-0.15, -0.1) is 0 Å². The lowest BCUT2D eigenvalue weighted by Gasteiger charge is -2.06. The summed E-state index contributed by atoms with van der Waals surface area (Å²) in [6.07, 6.45) is 1.49. The van der Waals surface area contributed by atoms with Gasteiger partial charge >= 0.3 is 0 Å². The highest BCUT2D eigenvalue weighted by Gasteiger charge is 1.95. The summed E-state index contributed by atoms with van der Waals surface area (Å²) in [7, 11) is 0. The molecular weight excluding hydrogens is 220 g/mol. The van der Waals surface area contributed by atoms with Gasteiger partial charge in [0.2, 0.25) is 0 Å². The van der Waals surface area contributed by atoms with Gasteiger partial charge in [0.25, 0.3) is 0 Å². The van der Waals surface area contributed by atoms with Crippen molar-refractivity contribution in [3.63, 3.8) is 0 Å². The third kappa shape index (κ3) is 3.64. The minimum absolute atomic E-state index is 0.476. The van der Waals surface area contributed by atoms with Gasteiger partial charge in [-0.1, -0.05) is 42.5 Å². The van der Waals surface area contributed by atoms with Crippen LogP contribution >= 0.6 is 0 Å². The summed E-state index contributed by atoms with van der Waals surface area (Å²) in [5.74, 6) is 0. The highest BCUT2D eigenvalue weighted by molar-refractivity contribution is 5.45. The van der Waals surface area contributed by atoms with Crippen molar-refractivity contribution in [3.8, 4) is 6.07 Å². The molecule has 2 aromatic rings. The summed E-state index contributed by atoms with van der Waals surface area (Å²) >= 11 is 0. The van der Waals surface area contributed by atoms with Gasteiger partial charge < -0.3 is 5.32 Å². The van der Waals surface area contributed by atoms with Gasteiger partial charge in [-0.05, 0) is 29.7 Å². The molecular formula is C16H16N2. The second-order valence-corrected chi connectivity index (χ2v) is 4.19. The lowest BCUT2D eigenvalue weighted by molar-refractivity contribution is 1.02. The molecule has 0 radical (unpaired) electrons. The van der Waals surface area contributed by atoms with Gasteiger partial charge in [0, 0.05) is 12.2 Å². The number of benzene rings is 2. The summed E-state index contributed by atoms with van der Waals surface area (Å²) < 4.78 is 0. The van der Waals surface area contributed by atoms with E-state index in [1.165, 1.54) is 5.56 Å². The number of nitrogens with one attached hydrogen (secondary N) is 1. The zero-order chi connectivity index (χ0) is 12.6. The minimum atomic E-state index is 0.476. The van der Waals surface area contributed by atoms with Crippen molar-refractivity contribution in [2.45, 2.75) is 12.8 Å². The Bertz CT molecular complexity index is 509. The van der Waals surface area contributed by atoms with Crippen LogP contribution in [0, 0.1) is 11.3 Å². The molecule has 0 bridgehead atoms. The number of nitriles is 1. The largest absolute Gasteiger partial charge is 0.385 e. The minimum Gasteiger partial charge on any atom is -0.385 e. The molecule has 0 aliphatic carbocycles. The van der Waals surface area contributed by atoms with E-state index < -0.39 is 0 Å². The first kappa shape index (κ1) is 12.2. The smallest absolute Gasteiger partial charge is 0.0669 e. The average Bonchev–Trinajstić information content (AvgIpc) is 2.42. The van der Waals surface area contributed by atoms with Gasteiger partial charge in [-0.2, -0.15) is 5.26 Å². The van der Waals surface area contributed by atoms with Crippen molar-refractivity contribution < 1.29 is 0 Å². The molecule has 0 saturated carbocycles. The number of hydrogen-bond acceptors (Lipinski definition) is 2. The first-order chi connectivity index (χ1) is 8.88. The Hall–Kier alpha value is -2.27. The molecule has 0 aromatic heterocycles. The Morgan fingerprint density at radius 3 is 2.28 bits per heavy atom. The predicted octanol–water partition coefficient (Wildman–Crippen LogP) is 3.41. The monoisotopic (exact) mass is 236 g/mol. The van der Waals surface area contributed by atoms with Gasteiger partial charge in [0.1, 0.15) is 0 Å². The zero-order valence-electron chi connectivity index (χ0n) is 10.3. The van der Waals surface area contributed by atoms with Gasteiger partial charge in [-0.3, -0.25) is 0 Å². The van der Waals surface area contributed by atoms with Crippen LogP contribution in [0.1, 0.15) is 11.1 Å². The van der Waals surface area contributed by atoms with Gasteiger partial charge in [0.15, 0.2) is 0 Å². The van der Waals surface area contributed by atoms with E-state index in [0.29, 0.717) is 6.42 Å². The van der Waals surface area contributed by atoms with Crippen molar-refractivity contribution in [1.82, 2.24) is 0 Å². The molecule has 2 heteroatoms. The topological polar surface area (TPSA) is 35.8 Å². The molecule has 2 aromatic carbocycles. The summed E-state index contributed by atoms with van der Waals surface area (Å²) in [6, 6.07) is 20.6. The van der Waals surface area contributed by atoms with Crippen LogP contribution in [-0.4, -0.2) is 6.54 Å². The molecule has 0 unspecified atom stereocenters. The number of anilines is 1. The van der Waals surface area contributed by atoms with E-state index in [1.807, 2.05) is 30.3 Å². The highest BCUT2D eigenvalue weighted by Crippen LogP contribution is 2.10. The van der Waals surface area contributed by atoms with E-state index >= 15 is 0 Å². The molecule has 0 aliphatic rings. The molecule has 1 N–H and O–H groups in total. The maximum absolute atomic E-state index is 8.59. The highest BCUT2D eigenvalue weighted by atomic mass is 14.9. The molecule has 0 amide bonds. The van der Waals surface area contributed by atoms with Crippen molar-refractivity contribution >= 4 is 5.69 Å². The Labute approximate surface area is 108 Å². The van der Waals surface area contributed by atoms with Crippen molar-refractivity contribution in [3.05, 3.63) is 65.7 Å². The summed E-state index contributed by atoms with van der Waals surface area (Å²) in [5.41, 5.74) is 3.50. The second kappa shape index (κ2) is 6.46. The number of rotatable bonds is 5. The quantitative estimate of drug-likeness (QED) is 0.863. The first-order valence-corrected chi connectivity index (χ1v) is 6.12. The van der Waals surface area contributed by atoms with Crippen molar-refractivity contribution in [1.29, 1.82) is 5.26 Å². The maximum Gasteiger partial charge on any atom is 0.0669 e. The fraction of sp³-hybridized carbons (Fsp3) is 0.188. The SMILES string of the molecule is N#CCc1ccc(NCCc2ccccc2)cc1. The summed E-state index contributed by atoms with van der Waals surface area (Å²) in [4.78, 5) is 0. The fourth-order valence-electron chi connectivity index (χ4n) is 1.83. The van der Waals surface area contributed by atoms with E-state index in [1.54, 1.807) is 0 Å². The Morgan fingerprint density at radius 1 is 0.889 bits per heavy atom. The lowest BCUT2D eigenvalue weighted by atomic mass is 10.1. The average molecular weight is 236 g/mol. The van der Waals surface area contributed by atoms with Crippen LogP contribution in [0.3, 0.4) is 0 Å². The Kier molecular flexibility index (Phi) is 4.38. The Balaban J connectivity index is 1.82. The molecule has 0 atom stereocenters. The molecule has 90 valence electrons. The molecule has 2 nitrogen and oxygen atoms in total.